The summed E-state index contributed by atoms with van der Waals surface area (Å²) in [7, 11) is 0. The van der Waals surface area contributed by atoms with E-state index in [0.717, 1.165) is 0 Å². The molecule has 0 rings (SSSR count). The van der Waals surface area contributed by atoms with E-state index < -0.39 is 0 Å². The third-order valence-electron chi connectivity index (χ3n) is 0.365. The molecular formula is C4H7BrCuO2. The van der Waals surface area contributed by atoms with Crippen molar-refractivity contribution in [3.63, 3.8) is 0 Å². The van der Waals surface area contributed by atoms with Gasteiger partial charge in [-0.3, -0.25) is 0 Å². The summed E-state index contributed by atoms with van der Waals surface area (Å²) in [4.78, 5) is 0. The van der Waals surface area contributed by atoms with Gasteiger partial charge in [-0.25, -0.2) is 6.08 Å². The zero-order valence-electron chi connectivity index (χ0n) is 4.07. The SMILES string of the molecule is O[C-]=CCCO.[Br-].[Cu+2]. The van der Waals surface area contributed by atoms with Crippen molar-refractivity contribution in [1.82, 2.24) is 0 Å². The summed E-state index contributed by atoms with van der Waals surface area (Å²) in [5.41, 5.74) is 0. The fourth-order valence-corrected chi connectivity index (χ4v) is 0.129. The van der Waals surface area contributed by atoms with E-state index in [9.17, 15) is 0 Å². The van der Waals surface area contributed by atoms with E-state index in [0.29, 0.717) is 6.42 Å². The second kappa shape index (κ2) is 15.6. The molecule has 0 aliphatic rings. The predicted molar refractivity (Wildman–Crippen MR) is 22.1 cm³/mol. The van der Waals surface area contributed by atoms with E-state index in [2.05, 4.69) is 0 Å². The molecule has 1 radical (unpaired) electrons. The Labute approximate surface area is 69.8 Å². The van der Waals surface area contributed by atoms with E-state index in [4.69, 9.17) is 10.2 Å². The van der Waals surface area contributed by atoms with Gasteiger partial charge in [0.1, 0.15) is 0 Å². The topological polar surface area (TPSA) is 40.5 Å². The average Bonchev–Trinajstić information content (AvgIpc) is 1.61. The number of rotatable bonds is 2. The van der Waals surface area contributed by atoms with Crippen molar-refractivity contribution in [2.24, 2.45) is 0 Å². The van der Waals surface area contributed by atoms with Gasteiger partial charge < -0.3 is 33.5 Å². The average molecular weight is 231 g/mol. The molecule has 2 N–H and O–H groups in total. The zero-order valence-corrected chi connectivity index (χ0v) is 6.59. The number of hydrogen-bond donors (Lipinski definition) is 2. The van der Waals surface area contributed by atoms with Crippen LogP contribution in [0.2, 0.25) is 0 Å². The van der Waals surface area contributed by atoms with Crippen LogP contribution in [0.5, 0.6) is 0 Å². The van der Waals surface area contributed by atoms with Crippen LogP contribution in [0.3, 0.4) is 0 Å². The van der Waals surface area contributed by atoms with Gasteiger partial charge >= 0.3 is 17.1 Å². The summed E-state index contributed by atoms with van der Waals surface area (Å²) in [6, 6.07) is 0. The summed E-state index contributed by atoms with van der Waals surface area (Å²) in [6.07, 6.45) is 3.63. The minimum atomic E-state index is 0. The third-order valence-corrected chi connectivity index (χ3v) is 0.365. The molecule has 0 amide bonds. The molecule has 8 heavy (non-hydrogen) atoms. The van der Waals surface area contributed by atoms with Crippen molar-refractivity contribution < 1.29 is 44.3 Å². The first kappa shape index (κ1) is 15.8. The van der Waals surface area contributed by atoms with Gasteiger partial charge in [0.2, 0.25) is 0 Å². The Balaban J connectivity index is -0.000000125. The van der Waals surface area contributed by atoms with Gasteiger partial charge in [0.25, 0.3) is 0 Å². The molecule has 0 saturated carbocycles. The number of halogens is 1. The Bertz CT molecular complexity index is 49.3. The molecule has 0 atom stereocenters. The predicted octanol–water partition coefficient (Wildman–Crippen LogP) is -2.75. The van der Waals surface area contributed by atoms with Crippen molar-refractivity contribution >= 4 is 0 Å². The Morgan fingerprint density at radius 1 is 1.50 bits per heavy atom. The fourth-order valence-electron chi connectivity index (χ4n) is 0.129. The van der Waals surface area contributed by atoms with Crippen LogP contribution < -0.4 is 17.0 Å². The Hall–Kier alpha value is 0.499. The van der Waals surface area contributed by atoms with Crippen LogP contribution in [0, 0.1) is 6.26 Å². The molecule has 0 unspecified atom stereocenters. The van der Waals surface area contributed by atoms with Crippen LogP contribution >= 0.6 is 0 Å². The molecule has 0 bridgehead atoms. The molecule has 4 heteroatoms. The minimum Gasteiger partial charge on any atom is -1.00 e. The minimum absolute atomic E-state index is 0. The van der Waals surface area contributed by atoms with Gasteiger partial charge in [-0.2, -0.15) is 0 Å². The smallest absolute Gasteiger partial charge is 1.00 e. The van der Waals surface area contributed by atoms with Gasteiger partial charge in [-0.1, -0.05) is 0 Å². The largest absolute Gasteiger partial charge is 2.00 e. The second-order valence-electron chi connectivity index (χ2n) is 0.846. The molecule has 0 aromatic heterocycles. The molecule has 0 heterocycles. The van der Waals surface area contributed by atoms with Gasteiger partial charge in [-0.15, -0.1) is 0 Å². The first-order valence-electron chi connectivity index (χ1n) is 1.74. The van der Waals surface area contributed by atoms with Crippen LogP contribution in [0.15, 0.2) is 6.08 Å². The van der Waals surface area contributed by atoms with Crippen LogP contribution in [0.25, 0.3) is 0 Å². The molecule has 2 nitrogen and oxygen atoms in total. The molecule has 0 aromatic rings. The summed E-state index contributed by atoms with van der Waals surface area (Å²) in [5.74, 6) is 0. The third kappa shape index (κ3) is 16.1. The summed E-state index contributed by atoms with van der Waals surface area (Å²) >= 11 is 0. The monoisotopic (exact) mass is 229 g/mol. The van der Waals surface area contributed by atoms with Gasteiger partial charge in [0.15, 0.2) is 0 Å². The molecule has 0 spiro atoms. The van der Waals surface area contributed by atoms with Gasteiger partial charge in [0.05, 0.1) is 0 Å². The Morgan fingerprint density at radius 3 is 2.12 bits per heavy atom. The van der Waals surface area contributed by atoms with Crippen molar-refractivity contribution in [2.75, 3.05) is 6.61 Å². The van der Waals surface area contributed by atoms with Crippen molar-refractivity contribution in [1.29, 1.82) is 0 Å². The molecule has 0 fully saturated rings. The number of hydrogen-bond acceptors (Lipinski definition) is 2. The van der Waals surface area contributed by atoms with Crippen molar-refractivity contribution in [3.05, 3.63) is 12.3 Å². The van der Waals surface area contributed by atoms with Crippen LogP contribution in [0.4, 0.5) is 0 Å². The van der Waals surface area contributed by atoms with Crippen LogP contribution in [-0.2, 0) is 17.1 Å². The summed E-state index contributed by atoms with van der Waals surface area (Å²) in [5, 5.41) is 15.8. The van der Waals surface area contributed by atoms with Crippen LogP contribution in [0.1, 0.15) is 6.42 Å². The zero-order chi connectivity index (χ0) is 4.83. The van der Waals surface area contributed by atoms with Gasteiger partial charge in [-0.05, 0) is 6.42 Å². The van der Waals surface area contributed by atoms with Crippen molar-refractivity contribution in [3.8, 4) is 0 Å². The molecule has 0 saturated heterocycles. The summed E-state index contributed by atoms with van der Waals surface area (Å²) < 4.78 is 0. The number of aliphatic hydroxyl groups is 2. The number of aliphatic hydroxyl groups excluding tert-OH is 2. The Morgan fingerprint density at radius 2 is 2.00 bits per heavy atom. The molecule has 0 aliphatic heterocycles. The van der Waals surface area contributed by atoms with E-state index in [1.807, 2.05) is 0 Å². The van der Waals surface area contributed by atoms with Gasteiger partial charge in [0, 0.05) is 6.61 Å². The van der Waals surface area contributed by atoms with E-state index in [-0.39, 0.29) is 40.7 Å². The summed E-state index contributed by atoms with van der Waals surface area (Å²) in [6.45, 7) is 0.0769. The first-order chi connectivity index (χ1) is 2.91. The molecule has 0 aliphatic carbocycles. The molecule has 0 aromatic carbocycles. The van der Waals surface area contributed by atoms with E-state index >= 15 is 0 Å². The molecular weight excluding hydrogens is 223 g/mol. The molecule has 53 valence electrons. The standard InChI is InChI=1S/C4H7O2.BrH.Cu/c5-3-1-2-4-6;;/h1,5-6H,2,4H2;1H;/q-1;;+2/p-1. The van der Waals surface area contributed by atoms with Crippen molar-refractivity contribution in [2.45, 2.75) is 6.42 Å². The maximum Gasteiger partial charge on any atom is 2.00 e. The Kier molecular flexibility index (Phi) is 30.9. The van der Waals surface area contributed by atoms with E-state index in [1.165, 1.54) is 6.08 Å². The normalized spacial score (nSPS) is 7.62. The quantitative estimate of drug-likeness (QED) is 0.307. The first-order valence-corrected chi connectivity index (χ1v) is 1.74. The van der Waals surface area contributed by atoms with E-state index in [1.54, 1.807) is 6.26 Å². The fraction of sp³-hybridized carbons (Fsp3) is 0.500. The second-order valence-corrected chi connectivity index (χ2v) is 0.846. The maximum atomic E-state index is 8.02. The van der Waals surface area contributed by atoms with Crippen LogP contribution in [-0.4, -0.2) is 16.8 Å². The maximum absolute atomic E-state index is 8.02.